The largest absolute Gasteiger partial charge is 0.256 e. The third-order valence-electron chi connectivity index (χ3n) is 16.3. The van der Waals surface area contributed by atoms with Crippen molar-refractivity contribution >= 4 is 0 Å². The van der Waals surface area contributed by atoms with Gasteiger partial charge in [-0.1, -0.05) is 231 Å². The molecule has 78 heavy (non-hydrogen) atoms. The van der Waals surface area contributed by atoms with Crippen LogP contribution in [0.5, 0.6) is 0 Å². The van der Waals surface area contributed by atoms with Gasteiger partial charge in [0.1, 0.15) is 0 Å². The number of nitrogens with zero attached hydrogens (tertiary/aromatic N) is 3. The minimum atomic E-state index is 0.0470. The summed E-state index contributed by atoms with van der Waals surface area (Å²) in [6.45, 7) is 18.2. The number of hydrogen-bond donors (Lipinski definition) is 0. The molecule has 0 aliphatic heterocycles. The molecule has 0 radical (unpaired) electrons. The summed E-state index contributed by atoms with van der Waals surface area (Å²) < 4.78 is 0. The molecular weight excluding hydrogens is 943 g/mol. The van der Waals surface area contributed by atoms with E-state index in [9.17, 15) is 0 Å². The molecule has 0 N–H and O–H groups in total. The van der Waals surface area contributed by atoms with Gasteiger partial charge in [0, 0.05) is 40.8 Å². The minimum absolute atomic E-state index is 0.0470. The van der Waals surface area contributed by atoms with Gasteiger partial charge in [0.25, 0.3) is 0 Å². The second-order valence-corrected chi connectivity index (χ2v) is 24.3. The third-order valence-corrected chi connectivity index (χ3v) is 16.3. The van der Waals surface area contributed by atoms with E-state index in [0.29, 0.717) is 23.7 Å². The second-order valence-electron chi connectivity index (χ2n) is 24.3. The van der Waals surface area contributed by atoms with Crippen molar-refractivity contribution in [3.05, 3.63) is 258 Å². The molecule has 11 rings (SSSR count). The SMILES string of the molecule is CC(C)Cc1cc(-c2ccc(-c3ccccc3C3CC(c4ccccc4-c4ccc(-c5cc(C(C)(C)C)ccn5)cc4)CC(c4ccccc4-c4ccc(-c5cc(C(C)(C)C)ccn5)cc4)C3)cc2)ncc1-c1ccccc1. The van der Waals surface area contributed by atoms with Crippen LogP contribution in [0, 0.1) is 5.92 Å². The third kappa shape index (κ3) is 11.3. The highest BCUT2D eigenvalue weighted by atomic mass is 14.7. The first-order valence-corrected chi connectivity index (χ1v) is 28.3. The highest BCUT2D eigenvalue weighted by molar-refractivity contribution is 5.77. The molecule has 1 aliphatic carbocycles. The van der Waals surface area contributed by atoms with Crippen molar-refractivity contribution in [3.8, 4) is 78.3 Å². The van der Waals surface area contributed by atoms with Gasteiger partial charge in [0.15, 0.2) is 0 Å². The van der Waals surface area contributed by atoms with Crippen LogP contribution < -0.4 is 0 Å². The maximum absolute atomic E-state index is 5.07. The number of benzene rings is 7. The summed E-state index contributed by atoms with van der Waals surface area (Å²) in [4.78, 5) is 14.7. The number of rotatable bonds is 12. The van der Waals surface area contributed by atoms with Gasteiger partial charge in [-0.25, -0.2) is 0 Å². The Morgan fingerprint density at radius 2 is 0.692 bits per heavy atom. The summed E-state index contributed by atoms with van der Waals surface area (Å²) in [5, 5.41) is 0. The molecule has 388 valence electrons. The summed E-state index contributed by atoms with van der Waals surface area (Å²) in [5.74, 6) is 1.46. The predicted molar refractivity (Wildman–Crippen MR) is 329 cm³/mol. The number of aromatic nitrogens is 3. The van der Waals surface area contributed by atoms with Crippen molar-refractivity contribution in [2.45, 2.75) is 110 Å². The van der Waals surface area contributed by atoms with Gasteiger partial charge in [-0.3, -0.25) is 15.0 Å². The van der Waals surface area contributed by atoms with E-state index in [1.54, 1.807) is 0 Å². The Morgan fingerprint density at radius 3 is 1.06 bits per heavy atom. The van der Waals surface area contributed by atoms with E-state index in [2.05, 4.69) is 268 Å². The first-order chi connectivity index (χ1) is 37.7. The summed E-state index contributed by atoms with van der Waals surface area (Å²) >= 11 is 0. The molecule has 0 saturated heterocycles. The number of hydrogen-bond acceptors (Lipinski definition) is 3. The Kier molecular flexibility index (Phi) is 14.8. The second kappa shape index (κ2) is 22.2. The van der Waals surface area contributed by atoms with Gasteiger partial charge < -0.3 is 0 Å². The van der Waals surface area contributed by atoms with E-state index >= 15 is 0 Å². The summed E-state index contributed by atoms with van der Waals surface area (Å²) in [6, 6.07) is 76.9. The van der Waals surface area contributed by atoms with Crippen LogP contribution in [-0.2, 0) is 17.3 Å². The zero-order valence-electron chi connectivity index (χ0n) is 46.8. The molecule has 1 saturated carbocycles. The van der Waals surface area contributed by atoms with Crippen LogP contribution in [0.25, 0.3) is 78.3 Å². The van der Waals surface area contributed by atoms with E-state index in [0.717, 1.165) is 59.5 Å². The molecule has 3 aromatic heterocycles. The van der Waals surface area contributed by atoms with Crippen LogP contribution >= 0.6 is 0 Å². The number of pyridine rings is 3. The van der Waals surface area contributed by atoms with E-state index in [1.807, 2.05) is 12.4 Å². The van der Waals surface area contributed by atoms with Crippen molar-refractivity contribution in [2.75, 3.05) is 0 Å². The fourth-order valence-electron chi connectivity index (χ4n) is 12.1. The van der Waals surface area contributed by atoms with Crippen molar-refractivity contribution in [3.63, 3.8) is 0 Å². The standard InChI is InChI=1S/C75H73N3/c1-50(2)42-58-46-71(78-49-70(58)51-18-10-9-11-19-51)55-32-26-52(27-33-55)64-20-12-15-23-67(64)59-43-60(68-24-16-13-21-65(68)53-28-34-56(35-29-53)72-47-62(38-40-76-72)74(3,4)5)45-61(44-59)69-25-17-14-22-66(69)54-30-36-57(37-31-54)73-48-63(39-41-77-73)75(6,7)8/h9-41,46-50,59-61H,42-45H2,1-8H3. The molecule has 7 aromatic carbocycles. The van der Waals surface area contributed by atoms with E-state index < -0.39 is 0 Å². The lowest BCUT2D eigenvalue weighted by Crippen LogP contribution is -2.21. The molecule has 0 amide bonds. The average Bonchev–Trinajstić information content (AvgIpc) is 3.49. The molecule has 3 nitrogen and oxygen atoms in total. The summed E-state index contributed by atoms with van der Waals surface area (Å²) in [7, 11) is 0. The van der Waals surface area contributed by atoms with Crippen LogP contribution in [0.2, 0.25) is 0 Å². The molecule has 0 spiro atoms. The Hall–Kier alpha value is -8.01. The van der Waals surface area contributed by atoms with Gasteiger partial charge in [0.05, 0.1) is 17.1 Å². The molecule has 3 heteroatoms. The smallest absolute Gasteiger partial charge is 0.0705 e. The van der Waals surface area contributed by atoms with Crippen molar-refractivity contribution < 1.29 is 0 Å². The van der Waals surface area contributed by atoms with Gasteiger partial charge in [-0.05, 0) is 163 Å². The van der Waals surface area contributed by atoms with Crippen molar-refractivity contribution in [1.82, 2.24) is 15.0 Å². The van der Waals surface area contributed by atoms with E-state index in [-0.39, 0.29) is 10.8 Å². The van der Waals surface area contributed by atoms with Gasteiger partial charge in [0.2, 0.25) is 0 Å². The van der Waals surface area contributed by atoms with Gasteiger partial charge >= 0.3 is 0 Å². The lowest BCUT2D eigenvalue weighted by atomic mass is 9.66. The summed E-state index contributed by atoms with van der Waals surface area (Å²) in [6.07, 6.45) is 10.1. The Balaban J connectivity index is 0.955. The molecule has 2 unspecified atom stereocenters. The maximum Gasteiger partial charge on any atom is 0.0705 e. The maximum atomic E-state index is 5.07. The zero-order valence-corrected chi connectivity index (χ0v) is 46.8. The van der Waals surface area contributed by atoms with E-state index in [4.69, 9.17) is 15.0 Å². The van der Waals surface area contributed by atoms with Crippen LogP contribution in [0.3, 0.4) is 0 Å². The molecule has 0 bridgehead atoms. The van der Waals surface area contributed by atoms with Gasteiger partial charge in [-0.15, -0.1) is 0 Å². The zero-order chi connectivity index (χ0) is 54.0. The quantitative estimate of drug-likeness (QED) is 0.122. The Labute approximate surface area is 464 Å². The average molecular weight is 1020 g/mol. The fourth-order valence-corrected chi connectivity index (χ4v) is 12.1. The van der Waals surface area contributed by atoms with Crippen LogP contribution in [0.4, 0.5) is 0 Å². The van der Waals surface area contributed by atoms with Crippen LogP contribution in [-0.4, -0.2) is 15.0 Å². The van der Waals surface area contributed by atoms with Crippen LogP contribution in [0.1, 0.15) is 126 Å². The molecule has 3 heterocycles. The van der Waals surface area contributed by atoms with Gasteiger partial charge in [-0.2, -0.15) is 0 Å². The molecule has 10 aromatic rings. The van der Waals surface area contributed by atoms with Crippen LogP contribution in [0.15, 0.2) is 225 Å². The lowest BCUT2D eigenvalue weighted by Gasteiger charge is -2.38. The van der Waals surface area contributed by atoms with Crippen molar-refractivity contribution in [2.24, 2.45) is 5.92 Å². The summed E-state index contributed by atoms with van der Waals surface area (Å²) in [5.41, 5.74) is 24.8. The fraction of sp³-hybridized carbons (Fsp3) is 0.240. The van der Waals surface area contributed by atoms with E-state index in [1.165, 1.54) is 77.9 Å². The first kappa shape index (κ1) is 52.1. The normalized spacial score (nSPS) is 15.8. The highest BCUT2D eigenvalue weighted by Crippen LogP contribution is 2.52. The monoisotopic (exact) mass is 1020 g/mol. The lowest BCUT2D eigenvalue weighted by molar-refractivity contribution is 0.353. The molecule has 1 aliphatic rings. The Bertz CT molecular complexity index is 3520. The predicted octanol–water partition coefficient (Wildman–Crippen LogP) is 20.2. The molecule has 1 fully saturated rings. The van der Waals surface area contributed by atoms with Crippen molar-refractivity contribution in [1.29, 1.82) is 0 Å². The topological polar surface area (TPSA) is 38.7 Å². The highest BCUT2D eigenvalue weighted by Gasteiger charge is 2.35. The first-order valence-electron chi connectivity index (χ1n) is 28.3. The Morgan fingerprint density at radius 1 is 0.359 bits per heavy atom. The molecule has 2 atom stereocenters. The molecular formula is C75H73N3. The minimum Gasteiger partial charge on any atom is -0.256 e.